The van der Waals surface area contributed by atoms with Crippen molar-refractivity contribution < 1.29 is 13.4 Å². The molecule has 0 N–H and O–H groups in total. The molecule has 0 aliphatic carbocycles. The summed E-state index contributed by atoms with van der Waals surface area (Å²) in [4.78, 5) is 4.50. The molecular weight excluding hydrogens is 312 g/mol. The number of aryl methyl sites for hydroxylation is 2. The van der Waals surface area contributed by atoms with Crippen LogP contribution in [0.15, 0.2) is 57.4 Å². The van der Waals surface area contributed by atoms with Crippen LogP contribution in [0.4, 0.5) is 0 Å². The molecule has 126 valence electrons. The van der Waals surface area contributed by atoms with E-state index in [1.165, 1.54) is 11.1 Å². The predicted octanol–water partition coefficient (Wildman–Crippen LogP) is 4.70. The molecule has 25 heavy (non-hydrogen) atoms. The van der Waals surface area contributed by atoms with E-state index in [9.17, 15) is 0 Å². The van der Waals surface area contributed by atoms with Crippen LogP contribution in [0.25, 0.3) is 28.3 Å². The van der Waals surface area contributed by atoms with Crippen LogP contribution >= 0.6 is 0 Å². The summed E-state index contributed by atoms with van der Waals surface area (Å²) in [6.45, 7) is 5.18. The number of aromatic nitrogens is 2. The molecule has 2 aromatic carbocycles. The Morgan fingerprint density at radius 1 is 1.00 bits per heavy atom. The fraction of sp³-hybridized carbons (Fsp3) is 0.238. The van der Waals surface area contributed by atoms with E-state index in [0.717, 1.165) is 35.5 Å². The second kappa shape index (κ2) is 6.55. The zero-order chi connectivity index (χ0) is 17.2. The number of benzene rings is 2. The van der Waals surface area contributed by atoms with Crippen molar-refractivity contribution in [2.24, 2.45) is 0 Å². The van der Waals surface area contributed by atoms with Crippen LogP contribution in [0, 0.1) is 0 Å². The third-order valence-electron chi connectivity index (χ3n) is 4.42. The minimum absolute atomic E-state index is 0.635. The standard InChI is InChI=1S/C21H21N2O2/c1-3-15-9-7-12-18-21(15)23(4-2)20(25-18)14-8-13-19-22-16-10-5-6-11-17(16)24-19/h5-12,14H,3-4,13H2,1-2H3/q+1. The number of rotatable bonds is 5. The van der Waals surface area contributed by atoms with Crippen LogP contribution in [0.5, 0.6) is 0 Å². The van der Waals surface area contributed by atoms with E-state index >= 15 is 0 Å². The number of oxazole rings is 2. The Labute approximate surface area is 146 Å². The number of hydrogen-bond acceptors (Lipinski definition) is 3. The van der Waals surface area contributed by atoms with Crippen molar-refractivity contribution in [3.05, 3.63) is 65.9 Å². The SMILES string of the molecule is CCc1cccc2oc(C=CCc3nc4ccccc4o3)[n+](CC)c12. The van der Waals surface area contributed by atoms with Crippen molar-refractivity contribution in [2.75, 3.05) is 0 Å². The lowest BCUT2D eigenvalue weighted by molar-refractivity contribution is -0.674. The molecule has 0 aliphatic rings. The van der Waals surface area contributed by atoms with Gasteiger partial charge in [0.2, 0.25) is 5.58 Å². The Kier molecular flexibility index (Phi) is 4.10. The molecule has 2 heterocycles. The summed E-state index contributed by atoms with van der Waals surface area (Å²) in [7, 11) is 0. The van der Waals surface area contributed by atoms with Gasteiger partial charge in [-0.25, -0.2) is 4.98 Å². The molecule has 4 nitrogen and oxygen atoms in total. The number of nitrogens with zero attached hydrogens (tertiary/aromatic N) is 2. The van der Waals surface area contributed by atoms with Crippen molar-refractivity contribution in [3.63, 3.8) is 0 Å². The zero-order valence-electron chi connectivity index (χ0n) is 14.5. The second-order valence-corrected chi connectivity index (χ2v) is 5.98. The Morgan fingerprint density at radius 3 is 2.64 bits per heavy atom. The van der Waals surface area contributed by atoms with Crippen LogP contribution in [-0.2, 0) is 19.4 Å². The minimum Gasteiger partial charge on any atom is -0.440 e. The molecular formula is C21H21N2O2+. The van der Waals surface area contributed by atoms with Gasteiger partial charge in [-0.3, -0.25) is 0 Å². The van der Waals surface area contributed by atoms with E-state index in [2.05, 4.69) is 35.5 Å². The van der Waals surface area contributed by atoms with Gasteiger partial charge in [-0.1, -0.05) is 37.3 Å². The van der Waals surface area contributed by atoms with Crippen molar-refractivity contribution in [1.82, 2.24) is 4.98 Å². The average molecular weight is 333 g/mol. The first-order valence-corrected chi connectivity index (χ1v) is 8.75. The van der Waals surface area contributed by atoms with Crippen molar-refractivity contribution >= 4 is 28.3 Å². The third kappa shape index (κ3) is 2.84. The van der Waals surface area contributed by atoms with Crippen molar-refractivity contribution in [3.8, 4) is 0 Å². The fourth-order valence-corrected chi connectivity index (χ4v) is 3.23. The molecule has 0 radical (unpaired) electrons. The van der Waals surface area contributed by atoms with E-state index in [1.807, 2.05) is 42.5 Å². The maximum Gasteiger partial charge on any atom is 0.373 e. The topological polar surface area (TPSA) is 43.1 Å². The first-order chi connectivity index (χ1) is 12.3. The molecule has 0 saturated heterocycles. The van der Waals surface area contributed by atoms with E-state index in [-0.39, 0.29) is 0 Å². The van der Waals surface area contributed by atoms with Gasteiger partial charge in [-0.05, 0) is 31.5 Å². The Morgan fingerprint density at radius 2 is 1.84 bits per heavy atom. The molecule has 0 atom stereocenters. The lowest BCUT2D eigenvalue weighted by atomic mass is 10.1. The van der Waals surface area contributed by atoms with Gasteiger partial charge in [0.25, 0.3) is 5.52 Å². The molecule has 4 aromatic rings. The van der Waals surface area contributed by atoms with Gasteiger partial charge in [0.15, 0.2) is 11.5 Å². The summed E-state index contributed by atoms with van der Waals surface area (Å²) in [6, 6.07) is 14.1. The maximum absolute atomic E-state index is 6.05. The molecule has 0 fully saturated rings. The smallest absolute Gasteiger partial charge is 0.373 e. The van der Waals surface area contributed by atoms with E-state index in [1.54, 1.807) is 0 Å². The van der Waals surface area contributed by atoms with Crippen LogP contribution in [0.1, 0.15) is 31.2 Å². The van der Waals surface area contributed by atoms with Crippen molar-refractivity contribution in [2.45, 2.75) is 33.2 Å². The summed E-state index contributed by atoms with van der Waals surface area (Å²) in [5.74, 6) is 1.57. The van der Waals surface area contributed by atoms with Gasteiger partial charge < -0.3 is 8.83 Å². The summed E-state index contributed by atoms with van der Waals surface area (Å²) < 4.78 is 14.0. The highest BCUT2D eigenvalue weighted by molar-refractivity contribution is 5.74. The van der Waals surface area contributed by atoms with Gasteiger partial charge >= 0.3 is 5.89 Å². The average Bonchev–Trinajstić information content (AvgIpc) is 3.21. The number of fused-ring (bicyclic) bond motifs is 2. The largest absolute Gasteiger partial charge is 0.440 e. The summed E-state index contributed by atoms with van der Waals surface area (Å²) in [6.07, 6.45) is 5.68. The molecule has 2 aromatic heterocycles. The number of allylic oxidation sites excluding steroid dienone is 1. The molecule has 4 rings (SSSR count). The predicted molar refractivity (Wildman–Crippen MR) is 98.2 cm³/mol. The Balaban J connectivity index is 1.64. The van der Waals surface area contributed by atoms with Gasteiger partial charge in [0.05, 0.1) is 0 Å². The minimum atomic E-state index is 0.635. The fourth-order valence-electron chi connectivity index (χ4n) is 3.23. The molecule has 0 amide bonds. The van der Waals surface area contributed by atoms with E-state index in [4.69, 9.17) is 8.83 Å². The molecule has 0 spiro atoms. The summed E-state index contributed by atoms with van der Waals surface area (Å²) in [5, 5.41) is 0. The lowest BCUT2D eigenvalue weighted by Gasteiger charge is -1.95. The number of para-hydroxylation sites is 3. The van der Waals surface area contributed by atoms with E-state index in [0.29, 0.717) is 12.3 Å². The maximum atomic E-state index is 6.05. The molecule has 0 aliphatic heterocycles. The highest BCUT2D eigenvalue weighted by Crippen LogP contribution is 2.20. The van der Waals surface area contributed by atoms with Crippen LogP contribution in [-0.4, -0.2) is 4.98 Å². The highest BCUT2D eigenvalue weighted by Gasteiger charge is 2.21. The quantitative estimate of drug-likeness (QED) is 0.497. The molecule has 0 unspecified atom stereocenters. The molecule has 0 bridgehead atoms. The third-order valence-corrected chi connectivity index (χ3v) is 4.42. The molecule has 0 saturated carbocycles. The van der Waals surface area contributed by atoms with Crippen molar-refractivity contribution in [1.29, 1.82) is 0 Å². The van der Waals surface area contributed by atoms with Gasteiger partial charge in [0, 0.05) is 18.1 Å². The molecule has 4 heteroatoms. The van der Waals surface area contributed by atoms with Crippen LogP contribution in [0.2, 0.25) is 0 Å². The Hall–Kier alpha value is -2.88. The highest BCUT2D eigenvalue weighted by atomic mass is 16.4. The van der Waals surface area contributed by atoms with E-state index < -0.39 is 0 Å². The monoisotopic (exact) mass is 333 g/mol. The summed E-state index contributed by atoms with van der Waals surface area (Å²) in [5.41, 5.74) is 5.15. The van der Waals surface area contributed by atoms with Gasteiger partial charge in [0.1, 0.15) is 12.1 Å². The zero-order valence-corrected chi connectivity index (χ0v) is 14.5. The number of hydrogen-bond donors (Lipinski definition) is 0. The summed E-state index contributed by atoms with van der Waals surface area (Å²) >= 11 is 0. The first-order valence-electron chi connectivity index (χ1n) is 8.75. The van der Waals surface area contributed by atoms with Crippen LogP contribution < -0.4 is 4.57 Å². The first kappa shape index (κ1) is 15.6. The van der Waals surface area contributed by atoms with Crippen LogP contribution in [0.3, 0.4) is 0 Å². The van der Waals surface area contributed by atoms with Gasteiger partial charge in [-0.15, -0.1) is 0 Å². The lowest BCUT2D eigenvalue weighted by Crippen LogP contribution is -2.34. The normalized spacial score (nSPS) is 11.9. The van der Waals surface area contributed by atoms with Gasteiger partial charge in [-0.2, -0.15) is 4.57 Å². The second-order valence-electron chi connectivity index (χ2n) is 5.98. The Bertz CT molecular complexity index is 1020.